The molecule has 0 unspecified atom stereocenters. The molecule has 0 aliphatic carbocycles. The summed E-state index contributed by atoms with van der Waals surface area (Å²) in [6.07, 6.45) is 4.38. The Kier molecular flexibility index (Phi) is 9.91. The van der Waals surface area contributed by atoms with E-state index in [0.29, 0.717) is 31.9 Å². The van der Waals surface area contributed by atoms with Crippen LogP contribution in [-0.2, 0) is 19.5 Å². The van der Waals surface area contributed by atoms with E-state index in [1.807, 2.05) is 0 Å². The van der Waals surface area contributed by atoms with Gasteiger partial charge in [0.1, 0.15) is 0 Å². The number of rotatable bonds is 10. The maximum atomic E-state index is 15.3. The topological polar surface area (TPSA) is 194 Å². The molecule has 1 amide bonds. The van der Waals surface area contributed by atoms with Crippen molar-refractivity contribution in [3.05, 3.63) is 77.6 Å². The number of benzene rings is 2. The van der Waals surface area contributed by atoms with E-state index in [1.165, 1.54) is 26.8 Å². The van der Waals surface area contributed by atoms with Gasteiger partial charge in [0.15, 0.2) is 26.2 Å². The number of nitrogens with one attached hydrogen (secondary N) is 2. The molecule has 246 valence electrons. The largest absolute Gasteiger partial charge is 0.478 e. The highest BCUT2D eigenvalue weighted by molar-refractivity contribution is 7.93. The molecule has 16 heteroatoms. The van der Waals surface area contributed by atoms with Gasteiger partial charge in [0, 0.05) is 38.1 Å². The summed E-state index contributed by atoms with van der Waals surface area (Å²) in [5.74, 6) is -1.02. The molecule has 46 heavy (non-hydrogen) atoms. The molecule has 2 heterocycles. The summed E-state index contributed by atoms with van der Waals surface area (Å²) in [4.78, 5) is 51.5. The zero-order valence-corrected chi connectivity index (χ0v) is 26.1. The summed E-state index contributed by atoms with van der Waals surface area (Å²) in [7, 11) is -4.77. The quantitative estimate of drug-likeness (QED) is 0.233. The Balaban J connectivity index is 1.56. The van der Waals surface area contributed by atoms with Crippen LogP contribution >= 0.6 is 0 Å². The normalized spacial score (nSPS) is 15.5. The summed E-state index contributed by atoms with van der Waals surface area (Å²) < 4.78 is 56.1. The van der Waals surface area contributed by atoms with Crippen molar-refractivity contribution in [2.24, 2.45) is 11.3 Å². The van der Waals surface area contributed by atoms with E-state index in [2.05, 4.69) is 25.4 Å². The van der Waals surface area contributed by atoms with Gasteiger partial charge in [-0.1, -0.05) is 20.8 Å². The minimum absolute atomic E-state index is 0.0197. The average Bonchev–Trinajstić information content (AvgIpc) is 3.02. The Hall–Kier alpha value is -4.70. The molecule has 1 atom stereocenters. The number of aromatic nitrogens is 2. The van der Waals surface area contributed by atoms with Crippen LogP contribution in [-0.4, -0.2) is 71.8 Å². The summed E-state index contributed by atoms with van der Waals surface area (Å²) in [5, 5.41) is 14.6. The SMILES string of the molecule is CC(C)(C)[C@](CNC(=O)c1ccc(N2CCC(Nc3ncccn3)CC2)c(F)c1F)(C(=O)ON)S(=O)(=O)c1ccc(C(=O)O)cc1. The highest BCUT2D eigenvalue weighted by Gasteiger charge is 2.61. The van der Waals surface area contributed by atoms with Gasteiger partial charge in [0.05, 0.1) is 21.7 Å². The van der Waals surface area contributed by atoms with E-state index in [0.717, 1.165) is 30.3 Å². The van der Waals surface area contributed by atoms with Crippen LogP contribution in [0.3, 0.4) is 0 Å². The zero-order valence-electron chi connectivity index (χ0n) is 25.3. The molecule has 1 aromatic heterocycles. The van der Waals surface area contributed by atoms with Crippen LogP contribution in [0.25, 0.3) is 0 Å². The number of carbonyl (C=O) groups is 3. The van der Waals surface area contributed by atoms with Gasteiger partial charge in [0.2, 0.25) is 5.95 Å². The number of anilines is 2. The van der Waals surface area contributed by atoms with Crippen LogP contribution in [0.2, 0.25) is 0 Å². The first-order valence-electron chi connectivity index (χ1n) is 14.2. The predicted molar refractivity (Wildman–Crippen MR) is 163 cm³/mol. The monoisotopic (exact) mass is 660 g/mol. The number of sulfone groups is 1. The third-order valence-corrected chi connectivity index (χ3v) is 10.8. The number of amides is 1. The summed E-state index contributed by atoms with van der Waals surface area (Å²) in [5.41, 5.74) is -2.47. The number of nitrogens with zero attached hydrogens (tertiary/aromatic N) is 3. The van der Waals surface area contributed by atoms with Crippen molar-refractivity contribution in [3.63, 3.8) is 0 Å². The lowest BCUT2D eigenvalue weighted by Gasteiger charge is -2.41. The summed E-state index contributed by atoms with van der Waals surface area (Å²) >= 11 is 0. The maximum Gasteiger partial charge on any atom is 0.348 e. The first kappa shape index (κ1) is 34.2. The number of carboxylic acids is 1. The van der Waals surface area contributed by atoms with Gasteiger partial charge in [-0.15, -0.1) is 0 Å². The minimum Gasteiger partial charge on any atom is -0.478 e. The summed E-state index contributed by atoms with van der Waals surface area (Å²) in [6.45, 7) is 3.99. The second-order valence-corrected chi connectivity index (χ2v) is 13.9. The number of halogens is 2. The highest BCUT2D eigenvalue weighted by atomic mass is 32.2. The van der Waals surface area contributed by atoms with Gasteiger partial charge in [-0.2, -0.15) is 5.90 Å². The number of hydrogen-bond donors (Lipinski definition) is 4. The van der Waals surface area contributed by atoms with Crippen LogP contribution in [0.5, 0.6) is 0 Å². The lowest BCUT2D eigenvalue weighted by Crippen LogP contribution is -2.63. The third kappa shape index (κ3) is 6.48. The molecule has 1 fully saturated rings. The van der Waals surface area contributed by atoms with Crippen molar-refractivity contribution in [1.82, 2.24) is 15.3 Å². The smallest absolute Gasteiger partial charge is 0.348 e. The van der Waals surface area contributed by atoms with Crippen LogP contribution < -0.4 is 21.4 Å². The molecule has 0 spiro atoms. The van der Waals surface area contributed by atoms with E-state index in [4.69, 9.17) is 5.90 Å². The molecule has 1 saturated heterocycles. The Morgan fingerprint density at radius 3 is 2.17 bits per heavy atom. The van der Waals surface area contributed by atoms with E-state index < -0.39 is 66.5 Å². The second-order valence-electron chi connectivity index (χ2n) is 11.7. The number of piperidine rings is 1. The third-order valence-electron chi connectivity index (χ3n) is 8.06. The van der Waals surface area contributed by atoms with Crippen molar-refractivity contribution in [2.45, 2.75) is 49.3 Å². The Bertz CT molecular complexity index is 1710. The fourth-order valence-corrected chi connectivity index (χ4v) is 7.64. The number of hydrogen-bond acceptors (Lipinski definition) is 11. The molecule has 2 aromatic carbocycles. The zero-order chi connectivity index (χ0) is 33.9. The minimum atomic E-state index is -4.77. The lowest BCUT2D eigenvalue weighted by molar-refractivity contribution is -0.150. The van der Waals surface area contributed by atoms with E-state index in [9.17, 15) is 27.9 Å². The van der Waals surface area contributed by atoms with Crippen molar-refractivity contribution in [1.29, 1.82) is 0 Å². The van der Waals surface area contributed by atoms with Crippen molar-refractivity contribution in [3.8, 4) is 0 Å². The molecule has 0 saturated carbocycles. The highest BCUT2D eigenvalue weighted by Crippen LogP contribution is 2.42. The Morgan fingerprint density at radius 1 is 1.02 bits per heavy atom. The molecule has 1 aliphatic rings. The molecule has 3 aromatic rings. The number of nitrogens with two attached hydrogens (primary N) is 1. The van der Waals surface area contributed by atoms with Crippen LogP contribution in [0, 0.1) is 17.0 Å². The van der Waals surface area contributed by atoms with Crippen LogP contribution in [0.1, 0.15) is 54.3 Å². The average molecular weight is 661 g/mol. The fourth-order valence-electron chi connectivity index (χ4n) is 5.40. The molecule has 1 aliphatic heterocycles. The van der Waals surface area contributed by atoms with Crippen molar-refractivity contribution in [2.75, 3.05) is 29.9 Å². The molecular weight excluding hydrogens is 626 g/mol. The molecule has 5 N–H and O–H groups in total. The Labute approximate surface area is 264 Å². The van der Waals surface area contributed by atoms with E-state index in [1.54, 1.807) is 23.4 Å². The fraction of sp³-hybridized carbons (Fsp3) is 0.367. The predicted octanol–water partition coefficient (Wildman–Crippen LogP) is 2.94. The molecule has 4 rings (SSSR count). The first-order chi connectivity index (χ1) is 21.6. The number of carbonyl (C=O) groups excluding carboxylic acids is 2. The molecular formula is C30H34F2N6O7S. The second kappa shape index (κ2) is 13.3. The van der Waals surface area contributed by atoms with E-state index in [-0.39, 0.29) is 17.3 Å². The van der Waals surface area contributed by atoms with Crippen molar-refractivity contribution >= 4 is 39.3 Å². The van der Waals surface area contributed by atoms with E-state index >= 15 is 8.78 Å². The van der Waals surface area contributed by atoms with Crippen LogP contribution in [0.4, 0.5) is 20.4 Å². The first-order valence-corrected chi connectivity index (χ1v) is 15.7. The van der Waals surface area contributed by atoms with Gasteiger partial charge in [-0.3, -0.25) is 4.79 Å². The molecule has 0 radical (unpaired) electrons. The summed E-state index contributed by atoms with van der Waals surface area (Å²) in [6, 6.07) is 8.09. The molecule has 0 bridgehead atoms. The number of carboxylic acid groups (broad SMARTS) is 1. The van der Waals surface area contributed by atoms with Gasteiger partial charge < -0.3 is 25.5 Å². The van der Waals surface area contributed by atoms with Crippen LogP contribution in [0.15, 0.2) is 59.8 Å². The Morgan fingerprint density at radius 2 is 1.63 bits per heavy atom. The number of aromatic carboxylic acids is 1. The van der Waals surface area contributed by atoms with Gasteiger partial charge in [-0.25, -0.2) is 36.8 Å². The van der Waals surface area contributed by atoms with Crippen molar-refractivity contribution < 1.29 is 41.5 Å². The van der Waals surface area contributed by atoms with Gasteiger partial charge in [0.25, 0.3) is 5.91 Å². The maximum absolute atomic E-state index is 15.3. The standard InChI is InChI=1S/C30H34F2N6O7S/c1-29(2,3)30(27(42)45-33,46(43,44)20-7-5-18(6-8-20)26(40)41)17-36-25(39)21-9-10-22(24(32)23(21)31)38-15-11-19(12-16-38)37-28-34-13-4-14-35-28/h4-10,13-14,19H,11-12,15-17,33H2,1-3H3,(H,36,39)(H,40,41)(H,34,35,37)/t30-/m0/s1. The molecule has 13 nitrogen and oxygen atoms in total. The van der Waals surface area contributed by atoms with Gasteiger partial charge >= 0.3 is 11.9 Å². The van der Waals surface area contributed by atoms with Gasteiger partial charge in [-0.05, 0) is 60.7 Å². The lowest BCUT2D eigenvalue weighted by atomic mass is 9.79.